The Morgan fingerprint density at radius 3 is 2.70 bits per heavy atom. The first-order chi connectivity index (χ1) is 19.5. The van der Waals surface area contributed by atoms with E-state index in [4.69, 9.17) is 20.4 Å². The van der Waals surface area contributed by atoms with E-state index in [2.05, 4.69) is 31.9 Å². The van der Waals surface area contributed by atoms with Crippen LogP contribution in [0.4, 0.5) is 11.8 Å². The van der Waals surface area contributed by atoms with Crippen LogP contribution in [0.15, 0.2) is 67.9 Å². The zero-order chi connectivity index (χ0) is 27.6. The number of imidazole rings is 1. The van der Waals surface area contributed by atoms with Crippen molar-refractivity contribution in [1.82, 2.24) is 34.3 Å². The molecule has 0 aliphatic carbocycles. The number of hydrogen-bond acceptors (Lipinski definition) is 9. The molecular formula is C28H28N10O2. The summed E-state index contributed by atoms with van der Waals surface area (Å²) in [6, 6.07) is 11.4. The Kier molecular flexibility index (Phi) is 6.66. The molecule has 1 saturated heterocycles. The summed E-state index contributed by atoms with van der Waals surface area (Å²) in [7, 11) is 1.87. The number of rotatable bonds is 8. The summed E-state index contributed by atoms with van der Waals surface area (Å²) in [6.07, 6.45) is 7.24. The number of nitrogens with one attached hydrogen (secondary N) is 1. The van der Waals surface area contributed by atoms with Crippen LogP contribution in [0.1, 0.15) is 11.1 Å². The molecule has 1 fully saturated rings. The van der Waals surface area contributed by atoms with Gasteiger partial charge in [-0.05, 0) is 23.3 Å². The molecular weight excluding hydrogens is 508 g/mol. The zero-order valence-electron chi connectivity index (χ0n) is 22.0. The van der Waals surface area contributed by atoms with Gasteiger partial charge in [-0.3, -0.25) is 19.0 Å². The number of aryl methyl sites for hydroxylation is 1. The topological polar surface area (TPSA) is 142 Å². The highest BCUT2D eigenvalue weighted by atomic mass is 16.5. The quantitative estimate of drug-likeness (QED) is 0.286. The summed E-state index contributed by atoms with van der Waals surface area (Å²) in [4.78, 5) is 32.6. The van der Waals surface area contributed by atoms with Crippen molar-refractivity contribution in [3.8, 4) is 16.9 Å². The predicted octanol–water partition coefficient (Wildman–Crippen LogP) is 2.56. The molecule has 5 heterocycles. The van der Waals surface area contributed by atoms with Crippen LogP contribution in [0, 0.1) is 0 Å². The molecule has 1 aliphatic heterocycles. The van der Waals surface area contributed by atoms with Crippen LogP contribution in [0.25, 0.3) is 33.7 Å². The van der Waals surface area contributed by atoms with Gasteiger partial charge in [-0.15, -0.1) is 0 Å². The molecule has 5 aromatic rings. The fourth-order valence-electron chi connectivity index (χ4n) is 4.53. The number of nitrogens with zero attached hydrogens (tertiary/aromatic N) is 8. The predicted molar refractivity (Wildman–Crippen MR) is 152 cm³/mol. The Bertz CT molecular complexity index is 1700. The third kappa shape index (κ3) is 4.99. The Morgan fingerprint density at radius 2 is 1.98 bits per heavy atom. The van der Waals surface area contributed by atoms with Crippen molar-refractivity contribution < 1.29 is 9.53 Å². The SMILES string of the molecule is C=C(C(N)=O)c1cccc(-c2ccc(CNc3nc(N4CCOCC4)nc4c3ncn4-c3cnn(C)c3)cn2)c1. The standard InChI is InChI=1S/C28H28N10O2/c1-18(25(29)39)20-4-3-5-21(12-20)23-7-6-19(13-30-23)14-31-26-24-27(35-28(34-26)37-8-10-40-11-9-37)38(17-32-24)22-15-33-36(2)16-22/h3-7,12-13,15-17H,1,8-11,14H2,2H3,(H2,29,39)(H,31,34,35). The summed E-state index contributed by atoms with van der Waals surface area (Å²) in [5.41, 5.74) is 11.2. The van der Waals surface area contributed by atoms with Crippen LogP contribution < -0.4 is 16.0 Å². The fraction of sp³-hybridized carbons (Fsp3) is 0.214. The summed E-state index contributed by atoms with van der Waals surface area (Å²) >= 11 is 0. The first-order valence-electron chi connectivity index (χ1n) is 12.8. The second kappa shape index (κ2) is 10.6. The fourth-order valence-corrected chi connectivity index (χ4v) is 4.53. The molecule has 0 unspecified atom stereocenters. The first kappa shape index (κ1) is 25.2. The molecule has 4 aromatic heterocycles. The third-order valence-electron chi connectivity index (χ3n) is 6.74. The van der Waals surface area contributed by atoms with Gasteiger partial charge in [0, 0.05) is 50.2 Å². The number of aromatic nitrogens is 7. The highest BCUT2D eigenvalue weighted by Crippen LogP contribution is 2.26. The van der Waals surface area contributed by atoms with E-state index >= 15 is 0 Å². The molecule has 40 heavy (non-hydrogen) atoms. The van der Waals surface area contributed by atoms with Crippen LogP contribution in [-0.2, 0) is 23.1 Å². The van der Waals surface area contributed by atoms with Crippen LogP contribution in [0.3, 0.4) is 0 Å². The smallest absolute Gasteiger partial charge is 0.248 e. The maximum absolute atomic E-state index is 11.5. The lowest BCUT2D eigenvalue weighted by Crippen LogP contribution is -2.37. The van der Waals surface area contributed by atoms with Gasteiger partial charge in [-0.2, -0.15) is 15.1 Å². The first-order valence-corrected chi connectivity index (χ1v) is 12.8. The van der Waals surface area contributed by atoms with Gasteiger partial charge in [0.15, 0.2) is 17.0 Å². The Labute approximate surface area is 230 Å². The molecule has 1 aromatic carbocycles. The largest absolute Gasteiger partial charge is 0.378 e. The van der Waals surface area contributed by atoms with Crippen molar-refractivity contribution in [1.29, 1.82) is 0 Å². The molecule has 0 atom stereocenters. The number of pyridine rings is 1. The number of anilines is 2. The molecule has 6 rings (SSSR count). The zero-order valence-corrected chi connectivity index (χ0v) is 22.0. The number of carbonyl (C=O) groups is 1. The Hall–Kier alpha value is -5.10. The van der Waals surface area contributed by atoms with Crippen molar-refractivity contribution in [2.24, 2.45) is 12.8 Å². The van der Waals surface area contributed by atoms with Gasteiger partial charge in [0.2, 0.25) is 11.9 Å². The van der Waals surface area contributed by atoms with Crippen LogP contribution in [-0.4, -0.2) is 66.5 Å². The van der Waals surface area contributed by atoms with E-state index in [9.17, 15) is 4.79 Å². The highest BCUT2D eigenvalue weighted by Gasteiger charge is 2.20. The Morgan fingerprint density at radius 1 is 1.12 bits per heavy atom. The summed E-state index contributed by atoms with van der Waals surface area (Å²) in [5, 5.41) is 7.73. The summed E-state index contributed by atoms with van der Waals surface area (Å²) < 4.78 is 9.18. The van der Waals surface area contributed by atoms with Gasteiger partial charge >= 0.3 is 0 Å². The molecule has 0 bridgehead atoms. The number of primary amides is 1. The highest BCUT2D eigenvalue weighted by molar-refractivity contribution is 6.18. The monoisotopic (exact) mass is 536 g/mol. The molecule has 12 heteroatoms. The Balaban J connectivity index is 1.27. The van der Waals surface area contributed by atoms with E-state index in [0.29, 0.717) is 61.3 Å². The number of ether oxygens (including phenoxy) is 1. The maximum Gasteiger partial charge on any atom is 0.248 e. The minimum Gasteiger partial charge on any atom is -0.378 e. The number of fused-ring (bicyclic) bond motifs is 1. The van der Waals surface area contributed by atoms with Gasteiger partial charge in [-0.25, -0.2) is 4.98 Å². The normalized spacial score (nSPS) is 13.5. The number of hydrogen-bond donors (Lipinski definition) is 2. The number of carbonyl (C=O) groups excluding carboxylic acids is 1. The average molecular weight is 537 g/mol. The maximum atomic E-state index is 11.5. The number of nitrogens with two attached hydrogens (primary N) is 1. The van der Waals surface area contributed by atoms with E-state index in [1.54, 1.807) is 23.3 Å². The molecule has 202 valence electrons. The lowest BCUT2D eigenvalue weighted by Gasteiger charge is -2.27. The third-order valence-corrected chi connectivity index (χ3v) is 6.74. The van der Waals surface area contributed by atoms with E-state index in [1.807, 2.05) is 54.3 Å². The molecule has 1 amide bonds. The van der Waals surface area contributed by atoms with Gasteiger partial charge in [0.05, 0.1) is 30.8 Å². The van der Waals surface area contributed by atoms with Crippen molar-refractivity contribution in [3.05, 3.63) is 79.0 Å². The second-order valence-corrected chi connectivity index (χ2v) is 9.46. The van der Waals surface area contributed by atoms with Gasteiger partial charge in [0.1, 0.15) is 6.33 Å². The number of benzene rings is 1. The van der Waals surface area contributed by atoms with E-state index in [-0.39, 0.29) is 5.57 Å². The van der Waals surface area contributed by atoms with E-state index in [1.165, 1.54) is 0 Å². The summed E-state index contributed by atoms with van der Waals surface area (Å²) in [5.74, 6) is 0.707. The molecule has 0 radical (unpaired) electrons. The van der Waals surface area contributed by atoms with Crippen LogP contribution in [0.5, 0.6) is 0 Å². The molecule has 1 aliphatic rings. The lowest BCUT2D eigenvalue weighted by molar-refractivity contribution is -0.112. The van der Waals surface area contributed by atoms with Crippen molar-refractivity contribution in [3.63, 3.8) is 0 Å². The van der Waals surface area contributed by atoms with Gasteiger partial charge in [0.25, 0.3) is 0 Å². The van der Waals surface area contributed by atoms with Gasteiger partial charge in [-0.1, -0.05) is 30.8 Å². The average Bonchev–Trinajstić information content (AvgIpc) is 3.62. The minimum atomic E-state index is -0.549. The molecule has 0 saturated carbocycles. The van der Waals surface area contributed by atoms with Crippen molar-refractivity contribution in [2.45, 2.75) is 6.54 Å². The molecule has 0 spiro atoms. The molecule has 12 nitrogen and oxygen atoms in total. The van der Waals surface area contributed by atoms with Gasteiger partial charge < -0.3 is 20.7 Å². The second-order valence-electron chi connectivity index (χ2n) is 9.46. The molecule has 3 N–H and O–H groups in total. The summed E-state index contributed by atoms with van der Waals surface area (Å²) in [6.45, 7) is 6.94. The minimum absolute atomic E-state index is 0.265. The van der Waals surface area contributed by atoms with Crippen molar-refractivity contribution >= 4 is 34.4 Å². The lowest BCUT2D eigenvalue weighted by atomic mass is 10.0. The number of morpholine rings is 1. The van der Waals surface area contributed by atoms with E-state index < -0.39 is 5.91 Å². The van der Waals surface area contributed by atoms with Crippen LogP contribution >= 0.6 is 0 Å². The van der Waals surface area contributed by atoms with Crippen LogP contribution in [0.2, 0.25) is 0 Å². The van der Waals surface area contributed by atoms with E-state index in [0.717, 1.165) is 22.5 Å². The number of amides is 1. The van der Waals surface area contributed by atoms with Crippen molar-refractivity contribution in [2.75, 3.05) is 36.5 Å².